The Morgan fingerprint density at radius 1 is 1.19 bits per heavy atom. The smallest absolute Gasteiger partial charge is 0.253 e. The van der Waals surface area contributed by atoms with Gasteiger partial charge >= 0.3 is 0 Å². The summed E-state index contributed by atoms with van der Waals surface area (Å²) in [7, 11) is 0. The average molecular weight is 390 g/mol. The van der Waals surface area contributed by atoms with Crippen LogP contribution in [0.1, 0.15) is 53.0 Å². The summed E-state index contributed by atoms with van der Waals surface area (Å²) in [6.07, 6.45) is 1.03. The highest BCUT2D eigenvalue weighted by Gasteiger charge is 2.15. The van der Waals surface area contributed by atoms with Crippen LogP contribution in [0, 0.1) is 26.7 Å². The van der Waals surface area contributed by atoms with Crippen LogP contribution in [0.4, 0.5) is 5.69 Å². The van der Waals surface area contributed by atoms with Crippen molar-refractivity contribution in [2.45, 2.75) is 47.6 Å². The predicted octanol–water partition coefficient (Wildman–Crippen LogP) is 4.34. The van der Waals surface area contributed by atoms with E-state index < -0.39 is 0 Å². The molecule has 1 amide bonds. The molecule has 2 rings (SSSR count). The second-order valence-corrected chi connectivity index (χ2v) is 7.80. The van der Waals surface area contributed by atoms with Gasteiger partial charge < -0.3 is 15.6 Å². The van der Waals surface area contributed by atoms with E-state index in [4.69, 9.17) is 11.6 Å². The van der Waals surface area contributed by atoms with Crippen LogP contribution in [0.25, 0.3) is 0 Å². The molecular formula is C21H28ClN3O2. The Kier molecular flexibility index (Phi) is 7.08. The lowest BCUT2D eigenvalue weighted by molar-refractivity contribution is 0.0950. The van der Waals surface area contributed by atoms with Gasteiger partial charge in [0.05, 0.1) is 0 Å². The predicted molar refractivity (Wildman–Crippen MR) is 112 cm³/mol. The summed E-state index contributed by atoms with van der Waals surface area (Å²) in [6.45, 7) is 10.9. The number of hydrogen-bond acceptors (Lipinski definition) is 3. The number of benzene rings is 1. The summed E-state index contributed by atoms with van der Waals surface area (Å²) in [4.78, 5) is 27.6. The largest absolute Gasteiger partial charge is 0.385 e. The van der Waals surface area contributed by atoms with E-state index in [-0.39, 0.29) is 18.0 Å². The van der Waals surface area contributed by atoms with Crippen molar-refractivity contribution in [2.75, 3.05) is 11.9 Å². The van der Waals surface area contributed by atoms with Gasteiger partial charge in [-0.05, 0) is 62.4 Å². The third kappa shape index (κ3) is 5.60. The van der Waals surface area contributed by atoms with Crippen molar-refractivity contribution >= 4 is 23.2 Å². The molecule has 1 aromatic carbocycles. The number of anilines is 1. The highest BCUT2D eigenvalue weighted by atomic mass is 35.5. The highest BCUT2D eigenvalue weighted by molar-refractivity contribution is 6.31. The quantitative estimate of drug-likeness (QED) is 0.659. The second-order valence-electron chi connectivity index (χ2n) is 7.36. The molecule has 0 spiro atoms. The van der Waals surface area contributed by atoms with Crippen LogP contribution in [0.15, 0.2) is 23.0 Å². The molecule has 0 fully saturated rings. The number of aromatic nitrogens is 1. The number of pyridine rings is 1. The number of aryl methyl sites for hydroxylation is 2. The number of aromatic amines is 1. The minimum Gasteiger partial charge on any atom is -0.385 e. The summed E-state index contributed by atoms with van der Waals surface area (Å²) in [5.41, 5.74) is 4.25. The maximum Gasteiger partial charge on any atom is 0.253 e. The molecule has 0 radical (unpaired) electrons. The summed E-state index contributed by atoms with van der Waals surface area (Å²) >= 11 is 6.22. The van der Waals surface area contributed by atoms with Crippen molar-refractivity contribution in [3.8, 4) is 0 Å². The van der Waals surface area contributed by atoms with Gasteiger partial charge in [0.15, 0.2) is 0 Å². The van der Waals surface area contributed by atoms with Gasteiger partial charge in [-0.2, -0.15) is 0 Å². The highest BCUT2D eigenvalue weighted by Crippen LogP contribution is 2.25. The molecule has 0 unspecified atom stereocenters. The van der Waals surface area contributed by atoms with E-state index in [1.807, 2.05) is 32.9 Å². The Balaban J connectivity index is 2.16. The fourth-order valence-corrected chi connectivity index (χ4v) is 3.18. The third-order valence-corrected chi connectivity index (χ3v) is 4.79. The minimum absolute atomic E-state index is 0.169. The van der Waals surface area contributed by atoms with E-state index in [1.54, 1.807) is 6.07 Å². The van der Waals surface area contributed by atoms with Gasteiger partial charge in [-0.15, -0.1) is 0 Å². The lowest BCUT2D eigenvalue weighted by Crippen LogP contribution is -2.28. The normalized spacial score (nSPS) is 10.9. The van der Waals surface area contributed by atoms with E-state index in [2.05, 4.69) is 29.5 Å². The van der Waals surface area contributed by atoms with Crippen LogP contribution >= 0.6 is 11.6 Å². The van der Waals surface area contributed by atoms with E-state index in [0.29, 0.717) is 22.1 Å². The molecule has 0 aliphatic carbocycles. The van der Waals surface area contributed by atoms with Gasteiger partial charge in [-0.3, -0.25) is 9.59 Å². The number of amides is 1. The molecule has 6 heteroatoms. The molecular weight excluding hydrogens is 362 g/mol. The number of carbonyl (C=O) groups is 1. The van der Waals surface area contributed by atoms with Crippen LogP contribution in [-0.4, -0.2) is 17.4 Å². The Labute approximate surface area is 165 Å². The molecule has 1 heterocycles. The first kappa shape index (κ1) is 21.0. The van der Waals surface area contributed by atoms with E-state index in [1.165, 1.54) is 0 Å². The van der Waals surface area contributed by atoms with Gasteiger partial charge in [-0.25, -0.2) is 0 Å². The van der Waals surface area contributed by atoms with Gasteiger partial charge in [0.2, 0.25) is 0 Å². The van der Waals surface area contributed by atoms with Crippen molar-refractivity contribution in [2.24, 2.45) is 5.92 Å². The minimum atomic E-state index is -0.249. The molecule has 27 heavy (non-hydrogen) atoms. The Hall–Kier alpha value is -2.27. The van der Waals surface area contributed by atoms with Crippen molar-refractivity contribution in [1.29, 1.82) is 0 Å². The molecule has 0 saturated heterocycles. The van der Waals surface area contributed by atoms with Crippen molar-refractivity contribution in [3.63, 3.8) is 0 Å². The molecule has 0 bridgehead atoms. The van der Waals surface area contributed by atoms with Gasteiger partial charge in [0.1, 0.15) is 0 Å². The number of nitrogens with one attached hydrogen (secondary N) is 3. The van der Waals surface area contributed by atoms with Crippen LogP contribution in [0.5, 0.6) is 0 Å². The molecule has 3 N–H and O–H groups in total. The van der Waals surface area contributed by atoms with Crippen molar-refractivity contribution in [1.82, 2.24) is 10.3 Å². The van der Waals surface area contributed by atoms with Crippen molar-refractivity contribution < 1.29 is 4.79 Å². The molecule has 146 valence electrons. The van der Waals surface area contributed by atoms with Gasteiger partial charge in [-0.1, -0.05) is 25.4 Å². The fraction of sp³-hybridized carbons (Fsp3) is 0.429. The number of carbonyl (C=O) groups excluding carboxylic acids is 1. The Morgan fingerprint density at radius 2 is 1.89 bits per heavy atom. The maximum atomic E-state index is 12.7. The topological polar surface area (TPSA) is 74.0 Å². The fourth-order valence-electron chi connectivity index (χ4n) is 2.96. The standard InChI is InChI=1S/C21H28ClN3O2/c1-12(2)6-7-23-19-10-16(22)9-17(15(19)5)20(26)24-11-18-13(3)8-14(4)25-21(18)27/h8-10,12,23H,6-7,11H2,1-5H3,(H,24,26)(H,25,27). The zero-order valence-corrected chi connectivity index (χ0v) is 17.4. The van der Waals surface area contributed by atoms with Crippen LogP contribution in [0.2, 0.25) is 5.02 Å². The van der Waals surface area contributed by atoms with Crippen LogP contribution in [0.3, 0.4) is 0 Å². The van der Waals surface area contributed by atoms with Gasteiger partial charge in [0, 0.05) is 40.6 Å². The summed E-state index contributed by atoms with van der Waals surface area (Å²) in [5, 5.41) is 6.70. The molecule has 5 nitrogen and oxygen atoms in total. The molecule has 0 atom stereocenters. The first-order valence-electron chi connectivity index (χ1n) is 9.20. The zero-order chi connectivity index (χ0) is 20.1. The monoisotopic (exact) mass is 389 g/mol. The van der Waals surface area contributed by atoms with Crippen LogP contribution in [-0.2, 0) is 6.54 Å². The van der Waals surface area contributed by atoms with E-state index >= 15 is 0 Å². The summed E-state index contributed by atoms with van der Waals surface area (Å²) in [5.74, 6) is 0.344. The number of hydrogen-bond donors (Lipinski definition) is 3. The Morgan fingerprint density at radius 3 is 2.52 bits per heavy atom. The molecule has 1 aromatic heterocycles. The van der Waals surface area contributed by atoms with E-state index in [9.17, 15) is 9.59 Å². The zero-order valence-electron chi connectivity index (χ0n) is 16.6. The Bertz CT molecular complexity index is 888. The lowest BCUT2D eigenvalue weighted by Gasteiger charge is -2.15. The van der Waals surface area contributed by atoms with Gasteiger partial charge in [0.25, 0.3) is 11.5 Å². The number of rotatable bonds is 7. The average Bonchev–Trinajstić information content (AvgIpc) is 2.56. The summed E-state index contributed by atoms with van der Waals surface area (Å²) < 4.78 is 0. The molecule has 0 saturated carbocycles. The number of halogens is 1. The molecule has 0 aliphatic rings. The molecule has 0 aliphatic heterocycles. The summed E-state index contributed by atoms with van der Waals surface area (Å²) in [6, 6.07) is 5.39. The van der Waals surface area contributed by atoms with Crippen molar-refractivity contribution in [3.05, 3.63) is 61.5 Å². The lowest BCUT2D eigenvalue weighted by atomic mass is 10.0. The van der Waals surface area contributed by atoms with E-state index in [0.717, 1.165) is 35.5 Å². The number of H-pyrrole nitrogens is 1. The first-order chi connectivity index (χ1) is 12.7. The first-order valence-corrected chi connectivity index (χ1v) is 9.58. The van der Waals surface area contributed by atoms with Crippen LogP contribution < -0.4 is 16.2 Å². The maximum absolute atomic E-state index is 12.7. The second kappa shape index (κ2) is 9.09. The SMILES string of the molecule is Cc1cc(C)c(CNC(=O)c2cc(Cl)cc(NCCC(C)C)c2C)c(=O)[nH]1. The third-order valence-electron chi connectivity index (χ3n) is 4.57. The molecule has 2 aromatic rings.